The first kappa shape index (κ1) is 12.4. The van der Waals surface area contributed by atoms with Gasteiger partial charge in [0.25, 0.3) is 0 Å². The van der Waals surface area contributed by atoms with Gasteiger partial charge in [0.15, 0.2) is 0 Å². The quantitative estimate of drug-likeness (QED) is 0.616. The fourth-order valence-electron chi connectivity index (χ4n) is 2.01. The molecule has 4 heteroatoms. The Labute approximate surface area is 105 Å². The highest BCUT2D eigenvalue weighted by Crippen LogP contribution is 2.30. The van der Waals surface area contributed by atoms with Gasteiger partial charge in [-0.15, -0.1) is 0 Å². The molecule has 0 atom stereocenters. The molecule has 0 aliphatic carbocycles. The third kappa shape index (κ3) is 2.16. The molecular formula is C14H16N2O2. The van der Waals surface area contributed by atoms with Crippen molar-refractivity contribution in [3.8, 4) is 11.1 Å². The summed E-state index contributed by atoms with van der Waals surface area (Å²) in [6, 6.07) is 10.9. The van der Waals surface area contributed by atoms with E-state index >= 15 is 0 Å². The van der Waals surface area contributed by atoms with Crippen LogP contribution in [0.1, 0.15) is 11.1 Å². The van der Waals surface area contributed by atoms with Crippen LogP contribution in [0.15, 0.2) is 36.4 Å². The van der Waals surface area contributed by atoms with E-state index in [9.17, 15) is 10.2 Å². The Bertz CT molecular complexity index is 550. The van der Waals surface area contributed by atoms with Crippen LogP contribution in [0.2, 0.25) is 0 Å². The number of rotatable bonds is 3. The molecule has 18 heavy (non-hydrogen) atoms. The average molecular weight is 244 g/mol. The van der Waals surface area contributed by atoms with Gasteiger partial charge in [-0.3, -0.25) is 0 Å². The molecule has 0 spiro atoms. The van der Waals surface area contributed by atoms with Crippen LogP contribution in [0.3, 0.4) is 0 Å². The van der Waals surface area contributed by atoms with E-state index in [4.69, 9.17) is 11.5 Å². The van der Waals surface area contributed by atoms with Crippen LogP contribution in [0, 0.1) is 0 Å². The van der Waals surface area contributed by atoms with Crippen LogP contribution >= 0.6 is 0 Å². The summed E-state index contributed by atoms with van der Waals surface area (Å²) in [5, 5.41) is 18.8. The minimum Gasteiger partial charge on any atom is -0.399 e. The van der Waals surface area contributed by atoms with E-state index in [-0.39, 0.29) is 13.2 Å². The number of aliphatic hydroxyl groups is 2. The smallest absolute Gasteiger partial charge is 0.0705 e. The lowest BCUT2D eigenvalue weighted by molar-refractivity contribution is 0.261. The molecule has 0 saturated carbocycles. The molecular weight excluding hydrogens is 228 g/mol. The zero-order valence-electron chi connectivity index (χ0n) is 9.93. The van der Waals surface area contributed by atoms with Crippen LogP contribution < -0.4 is 11.5 Å². The van der Waals surface area contributed by atoms with Gasteiger partial charge in [0, 0.05) is 16.9 Å². The maximum Gasteiger partial charge on any atom is 0.0705 e. The monoisotopic (exact) mass is 244 g/mol. The average Bonchev–Trinajstić information content (AvgIpc) is 2.39. The van der Waals surface area contributed by atoms with Crippen molar-refractivity contribution in [2.75, 3.05) is 11.5 Å². The molecule has 2 rings (SSSR count). The summed E-state index contributed by atoms with van der Waals surface area (Å²) in [4.78, 5) is 0. The van der Waals surface area contributed by atoms with Gasteiger partial charge in [-0.2, -0.15) is 0 Å². The fraction of sp³-hybridized carbons (Fsp3) is 0.143. The third-order valence-corrected chi connectivity index (χ3v) is 3.01. The summed E-state index contributed by atoms with van der Waals surface area (Å²) in [5.74, 6) is 0. The molecule has 0 heterocycles. The lowest BCUT2D eigenvalue weighted by atomic mass is 9.95. The van der Waals surface area contributed by atoms with Gasteiger partial charge < -0.3 is 21.7 Å². The van der Waals surface area contributed by atoms with Gasteiger partial charge >= 0.3 is 0 Å². The van der Waals surface area contributed by atoms with Crippen molar-refractivity contribution in [2.45, 2.75) is 13.2 Å². The number of hydrogen-bond acceptors (Lipinski definition) is 4. The van der Waals surface area contributed by atoms with Crippen LogP contribution in [0.4, 0.5) is 11.4 Å². The second-order valence-corrected chi connectivity index (χ2v) is 4.10. The van der Waals surface area contributed by atoms with Crippen molar-refractivity contribution in [2.24, 2.45) is 0 Å². The number of aliphatic hydroxyl groups excluding tert-OH is 2. The van der Waals surface area contributed by atoms with Crippen molar-refractivity contribution in [3.05, 3.63) is 47.5 Å². The van der Waals surface area contributed by atoms with Gasteiger partial charge in [-0.05, 0) is 34.9 Å². The minimum absolute atomic E-state index is 0.166. The summed E-state index contributed by atoms with van der Waals surface area (Å²) in [7, 11) is 0. The van der Waals surface area contributed by atoms with Crippen molar-refractivity contribution in [1.82, 2.24) is 0 Å². The van der Waals surface area contributed by atoms with E-state index in [1.807, 2.05) is 18.2 Å². The second kappa shape index (κ2) is 5.08. The van der Waals surface area contributed by atoms with Crippen LogP contribution in [0.5, 0.6) is 0 Å². The highest BCUT2D eigenvalue weighted by atomic mass is 16.3. The Balaban J connectivity index is 2.60. The first-order valence-corrected chi connectivity index (χ1v) is 5.65. The SMILES string of the molecule is Nc1ccc(-c2ccc(N)c(CO)c2CO)cc1. The van der Waals surface area contributed by atoms with Crippen molar-refractivity contribution in [1.29, 1.82) is 0 Å². The molecule has 0 aliphatic rings. The molecule has 6 N–H and O–H groups in total. The second-order valence-electron chi connectivity index (χ2n) is 4.10. The molecule has 0 bridgehead atoms. The first-order valence-electron chi connectivity index (χ1n) is 5.65. The summed E-state index contributed by atoms with van der Waals surface area (Å²) in [6.45, 7) is -0.356. The van der Waals surface area contributed by atoms with E-state index < -0.39 is 0 Å². The highest BCUT2D eigenvalue weighted by Gasteiger charge is 2.11. The molecule has 0 radical (unpaired) electrons. The van der Waals surface area contributed by atoms with Gasteiger partial charge in [0.2, 0.25) is 0 Å². The van der Waals surface area contributed by atoms with E-state index in [1.165, 1.54) is 0 Å². The van der Waals surface area contributed by atoms with Gasteiger partial charge in [-0.1, -0.05) is 18.2 Å². The van der Waals surface area contributed by atoms with Gasteiger partial charge in [0.05, 0.1) is 13.2 Å². The predicted octanol–water partition coefficient (Wildman–Crippen LogP) is 1.50. The maximum atomic E-state index is 9.48. The largest absolute Gasteiger partial charge is 0.399 e. The molecule has 2 aromatic rings. The molecule has 0 amide bonds. The van der Waals surface area contributed by atoms with Crippen LogP contribution in [-0.2, 0) is 13.2 Å². The molecule has 0 saturated heterocycles. The minimum atomic E-state index is -0.190. The Morgan fingerprint density at radius 3 is 1.94 bits per heavy atom. The zero-order chi connectivity index (χ0) is 13.1. The summed E-state index contributed by atoms with van der Waals surface area (Å²) < 4.78 is 0. The maximum absolute atomic E-state index is 9.48. The summed E-state index contributed by atoms with van der Waals surface area (Å²) in [5.41, 5.74) is 15.6. The molecule has 0 aliphatic heterocycles. The third-order valence-electron chi connectivity index (χ3n) is 3.01. The topological polar surface area (TPSA) is 92.5 Å². The highest BCUT2D eigenvalue weighted by molar-refractivity contribution is 5.73. The number of nitrogen functional groups attached to an aromatic ring is 2. The number of hydrogen-bond donors (Lipinski definition) is 4. The Kier molecular flexibility index (Phi) is 3.50. The molecule has 0 aromatic heterocycles. The van der Waals surface area contributed by atoms with E-state index in [1.54, 1.807) is 18.2 Å². The lowest BCUT2D eigenvalue weighted by Gasteiger charge is -2.14. The van der Waals surface area contributed by atoms with Gasteiger partial charge in [-0.25, -0.2) is 0 Å². The van der Waals surface area contributed by atoms with Crippen LogP contribution in [0.25, 0.3) is 11.1 Å². The van der Waals surface area contributed by atoms with E-state index in [0.29, 0.717) is 22.5 Å². The Hall–Kier alpha value is -2.04. The number of nitrogens with two attached hydrogens (primary N) is 2. The summed E-state index contributed by atoms with van der Waals surface area (Å²) in [6.07, 6.45) is 0. The van der Waals surface area contributed by atoms with Crippen molar-refractivity contribution < 1.29 is 10.2 Å². The number of benzene rings is 2. The van der Waals surface area contributed by atoms with E-state index in [0.717, 1.165) is 11.1 Å². The summed E-state index contributed by atoms with van der Waals surface area (Å²) >= 11 is 0. The Morgan fingerprint density at radius 1 is 0.778 bits per heavy atom. The standard InChI is InChI=1S/C14H16N2O2/c15-10-3-1-9(2-4-10)11-5-6-14(16)13(8-18)12(11)7-17/h1-6,17-18H,7-8,15-16H2. The lowest BCUT2D eigenvalue weighted by Crippen LogP contribution is -2.02. The van der Waals surface area contributed by atoms with Crippen molar-refractivity contribution >= 4 is 11.4 Å². The first-order chi connectivity index (χ1) is 8.67. The number of anilines is 2. The molecule has 0 fully saturated rings. The van der Waals surface area contributed by atoms with Crippen LogP contribution in [-0.4, -0.2) is 10.2 Å². The Morgan fingerprint density at radius 2 is 1.39 bits per heavy atom. The fourth-order valence-corrected chi connectivity index (χ4v) is 2.01. The predicted molar refractivity (Wildman–Crippen MR) is 72.5 cm³/mol. The normalized spacial score (nSPS) is 10.6. The molecule has 4 nitrogen and oxygen atoms in total. The molecule has 2 aromatic carbocycles. The molecule has 0 unspecified atom stereocenters. The van der Waals surface area contributed by atoms with Crippen molar-refractivity contribution in [3.63, 3.8) is 0 Å². The zero-order valence-corrected chi connectivity index (χ0v) is 9.93. The van der Waals surface area contributed by atoms with Gasteiger partial charge in [0.1, 0.15) is 0 Å². The van der Waals surface area contributed by atoms with E-state index in [2.05, 4.69) is 0 Å². The molecule has 94 valence electrons.